The molecule has 8 nitrogen and oxygen atoms in total. The van der Waals surface area contributed by atoms with Crippen molar-refractivity contribution in [3.8, 4) is 22.8 Å². The normalized spacial score (nSPS) is 11.8. The van der Waals surface area contributed by atoms with E-state index in [9.17, 15) is 9.59 Å². The summed E-state index contributed by atoms with van der Waals surface area (Å²) in [6.45, 7) is 1.70. The summed E-state index contributed by atoms with van der Waals surface area (Å²) in [5.74, 6) is 1.10. The minimum absolute atomic E-state index is 0.280. The Labute approximate surface area is 196 Å². The highest BCUT2D eigenvalue weighted by Crippen LogP contribution is 2.34. The van der Waals surface area contributed by atoms with Gasteiger partial charge in [0.25, 0.3) is 5.91 Å². The fraction of sp³-hybridized carbons (Fsp3) is 0.231. The molecule has 0 spiro atoms. The maximum atomic E-state index is 13.1. The Hall–Kier alpha value is -4.20. The van der Waals surface area contributed by atoms with E-state index in [4.69, 9.17) is 18.6 Å². The molecular weight excluding hydrogens is 436 g/mol. The van der Waals surface area contributed by atoms with Gasteiger partial charge in [-0.05, 0) is 42.8 Å². The predicted molar refractivity (Wildman–Crippen MR) is 127 cm³/mol. The number of nitrogens with one attached hydrogen (secondary N) is 2. The molecule has 34 heavy (non-hydrogen) atoms. The first-order valence-electron chi connectivity index (χ1n) is 10.7. The largest absolute Gasteiger partial charge is 0.493 e. The number of benzene rings is 2. The van der Waals surface area contributed by atoms with Crippen molar-refractivity contribution in [3.05, 3.63) is 71.6 Å². The standard InChI is InChI=1S/C26H26N2O6/c1-15-19(13-23(34-15)16-9-10-22(31-2)24(12-16)32-3)25(29)28-21(26(30)33-4)11-17-14-27-20-8-6-5-7-18(17)20/h5-10,12-14,21,27H,11H2,1-4H3,(H,28,29)/t21-/m0/s1. The van der Waals surface area contributed by atoms with Crippen molar-refractivity contribution in [2.45, 2.75) is 19.4 Å². The molecule has 176 valence electrons. The number of esters is 1. The third-order valence-corrected chi connectivity index (χ3v) is 5.72. The predicted octanol–water partition coefficient (Wildman–Crippen LogP) is 4.27. The summed E-state index contributed by atoms with van der Waals surface area (Å²) in [6.07, 6.45) is 2.12. The van der Waals surface area contributed by atoms with Gasteiger partial charge in [-0.25, -0.2) is 4.79 Å². The van der Waals surface area contributed by atoms with Crippen LogP contribution in [0.25, 0.3) is 22.2 Å². The van der Waals surface area contributed by atoms with Crippen LogP contribution >= 0.6 is 0 Å². The number of aromatic amines is 1. The van der Waals surface area contributed by atoms with E-state index in [1.807, 2.05) is 36.5 Å². The number of amides is 1. The number of methoxy groups -OCH3 is 3. The van der Waals surface area contributed by atoms with Gasteiger partial charge in [0.1, 0.15) is 17.6 Å². The van der Waals surface area contributed by atoms with Gasteiger partial charge in [-0.1, -0.05) is 18.2 Å². The van der Waals surface area contributed by atoms with Crippen molar-refractivity contribution in [1.29, 1.82) is 0 Å². The summed E-state index contributed by atoms with van der Waals surface area (Å²) < 4.78 is 21.4. The molecule has 0 aliphatic carbocycles. The van der Waals surface area contributed by atoms with Gasteiger partial charge in [0.2, 0.25) is 0 Å². The van der Waals surface area contributed by atoms with E-state index in [-0.39, 0.29) is 6.42 Å². The van der Waals surface area contributed by atoms with E-state index in [1.165, 1.54) is 7.11 Å². The number of ether oxygens (including phenoxy) is 3. The Morgan fingerprint density at radius 3 is 2.53 bits per heavy atom. The van der Waals surface area contributed by atoms with Crippen molar-refractivity contribution in [3.63, 3.8) is 0 Å². The molecule has 2 heterocycles. The maximum Gasteiger partial charge on any atom is 0.328 e. The van der Waals surface area contributed by atoms with E-state index in [0.29, 0.717) is 28.6 Å². The fourth-order valence-corrected chi connectivity index (χ4v) is 3.93. The topological polar surface area (TPSA) is 103 Å². The Balaban J connectivity index is 1.58. The number of hydrogen-bond acceptors (Lipinski definition) is 6. The number of aromatic nitrogens is 1. The monoisotopic (exact) mass is 462 g/mol. The lowest BCUT2D eigenvalue weighted by atomic mass is 10.0. The van der Waals surface area contributed by atoms with E-state index >= 15 is 0 Å². The molecule has 1 atom stereocenters. The lowest BCUT2D eigenvalue weighted by Gasteiger charge is -2.16. The number of H-pyrrole nitrogens is 1. The van der Waals surface area contributed by atoms with Crippen molar-refractivity contribution in [1.82, 2.24) is 10.3 Å². The average Bonchev–Trinajstić information content (AvgIpc) is 3.46. The Bertz CT molecular complexity index is 1340. The SMILES string of the molecule is COC(=O)[C@H](Cc1c[nH]c2ccccc12)NC(=O)c1cc(-c2ccc(OC)c(OC)c2)oc1C. The van der Waals surface area contributed by atoms with Gasteiger partial charge in [0.05, 0.1) is 26.9 Å². The lowest BCUT2D eigenvalue weighted by Crippen LogP contribution is -2.43. The Kier molecular flexibility index (Phi) is 6.58. The van der Waals surface area contributed by atoms with E-state index in [1.54, 1.807) is 39.3 Å². The molecule has 0 saturated carbocycles. The molecule has 4 aromatic rings. The van der Waals surface area contributed by atoms with E-state index in [2.05, 4.69) is 10.3 Å². The molecule has 0 unspecified atom stereocenters. The van der Waals surface area contributed by atoms with Crippen LogP contribution in [0, 0.1) is 6.92 Å². The number of aryl methyl sites for hydroxylation is 1. The van der Waals surface area contributed by atoms with Crippen molar-refractivity contribution >= 4 is 22.8 Å². The molecule has 2 aromatic heterocycles. The quantitative estimate of drug-likeness (QED) is 0.379. The van der Waals surface area contributed by atoms with Crippen LogP contribution < -0.4 is 14.8 Å². The summed E-state index contributed by atoms with van der Waals surface area (Å²) in [5.41, 5.74) is 2.92. The summed E-state index contributed by atoms with van der Waals surface area (Å²) in [5, 5.41) is 3.79. The average molecular weight is 463 g/mol. The third-order valence-electron chi connectivity index (χ3n) is 5.72. The second-order valence-corrected chi connectivity index (χ2v) is 7.76. The number of carbonyl (C=O) groups is 2. The van der Waals surface area contributed by atoms with Gasteiger partial charge in [-0.2, -0.15) is 0 Å². The second-order valence-electron chi connectivity index (χ2n) is 7.76. The molecule has 2 N–H and O–H groups in total. The zero-order valence-corrected chi connectivity index (χ0v) is 19.4. The van der Waals surface area contributed by atoms with Crippen LogP contribution in [0.4, 0.5) is 0 Å². The molecule has 8 heteroatoms. The van der Waals surface area contributed by atoms with Gasteiger partial charge >= 0.3 is 5.97 Å². The molecule has 0 aliphatic heterocycles. The Morgan fingerprint density at radius 2 is 1.79 bits per heavy atom. The number of para-hydroxylation sites is 1. The highest BCUT2D eigenvalue weighted by molar-refractivity contribution is 5.98. The molecule has 0 radical (unpaired) electrons. The summed E-state index contributed by atoms with van der Waals surface area (Å²) in [6, 6.07) is 13.9. The van der Waals surface area contributed by atoms with E-state index in [0.717, 1.165) is 22.0 Å². The molecule has 0 fully saturated rings. The second kappa shape index (κ2) is 9.74. The zero-order valence-electron chi connectivity index (χ0n) is 19.4. The van der Waals surface area contributed by atoms with E-state index < -0.39 is 17.9 Å². The van der Waals surface area contributed by atoms with Crippen LogP contribution in [0.3, 0.4) is 0 Å². The number of carbonyl (C=O) groups excluding carboxylic acids is 2. The van der Waals surface area contributed by atoms with Crippen LogP contribution in [0.15, 0.2) is 59.1 Å². The van der Waals surface area contributed by atoms with Crippen molar-refractivity contribution < 1.29 is 28.2 Å². The first-order chi connectivity index (χ1) is 16.4. The summed E-state index contributed by atoms with van der Waals surface area (Å²) >= 11 is 0. The van der Waals surface area contributed by atoms with Gasteiger partial charge in [0.15, 0.2) is 11.5 Å². The molecule has 4 rings (SSSR count). The third kappa shape index (κ3) is 4.47. The van der Waals surface area contributed by atoms with Gasteiger partial charge in [-0.15, -0.1) is 0 Å². The smallest absolute Gasteiger partial charge is 0.328 e. The number of hydrogen-bond donors (Lipinski definition) is 2. The molecule has 0 saturated heterocycles. The molecule has 2 aromatic carbocycles. The molecular formula is C26H26N2O6. The van der Waals surface area contributed by atoms with Gasteiger partial charge < -0.3 is 28.9 Å². The lowest BCUT2D eigenvalue weighted by molar-refractivity contribution is -0.142. The number of rotatable bonds is 8. The first-order valence-corrected chi connectivity index (χ1v) is 10.7. The van der Waals surface area contributed by atoms with Gasteiger partial charge in [0, 0.05) is 29.1 Å². The van der Waals surface area contributed by atoms with Gasteiger partial charge in [-0.3, -0.25) is 4.79 Å². The molecule has 0 aliphatic rings. The van der Waals surface area contributed by atoms with Crippen molar-refractivity contribution in [2.75, 3.05) is 21.3 Å². The number of fused-ring (bicyclic) bond motifs is 1. The van der Waals surface area contributed by atoms with Crippen LogP contribution in [-0.2, 0) is 16.0 Å². The van der Waals surface area contributed by atoms with Crippen LogP contribution in [0.2, 0.25) is 0 Å². The summed E-state index contributed by atoms with van der Waals surface area (Å²) in [4.78, 5) is 28.8. The number of furan rings is 1. The highest BCUT2D eigenvalue weighted by Gasteiger charge is 2.26. The first kappa shape index (κ1) is 23.0. The zero-order chi connectivity index (χ0) is 24.2. The summed E-state index contributed by atoms with van der Waals surface area (Å²) in [7, 11) is 4.41. The fourth-order valence-electron chi connectivity index (χ4n) is 3.93. The van der Waals surface area contributed by atoms with Crippen LogP contribution in [0.1, 0.15) is 21.7 Å². The highest BCUT2D eigenvalue weighted by atomic mass is 16.5. The van der Waals surface area contributed by atoms with Crippen LogP contribution in [0.5, 0.6) is 11.5 Å². The molecule has 0 bridgehead atoms. The minimum atomic E-state index is -0.865. The Morgan fingerprint density at radius 1 is 1.03 bits per heavy atom. The van der Waals surface area contributed by atoms with Crippen LogP contribution in [-0.4, -0.2) is 44.2 Å². The minimum Gasteiger partial charge on any atom is -0.493 e. The maximum absolute atomic E-state index is 13.1. The van der Waals surface area contributed by atoms with Crippen molar-refractivity contribution in [2.24, 2.45) is 0 Å². The molecule has 1 amide bonds.